The van der Waals surface area contributed by atoms with Crippen LogP contribution in [0.2, 0.25) is 0 Å². The monoisotopic (exact) mass is 459 g/mol. The summed E-state index contributed by atoms with van der Waals surface area (Å²) in [5, 5.41) is 17.8. The van der Waals surface area contributed by atoms with E-state index in [1.807, 2.05) is 61.6 Å². The first-order valence-electron chi connectivity index (χ1n) is 11.5. The lowest BCUT2D eigenvalue weighted by molar-refractivity contribution is -0.118. The van der Waals surface area contributed by atoms with E-state index >= 15 is 0 Å². The van der Waals surface area contributed by atoms with Crippen molar-refractivity contribution in [2.45, 2.75) is 33.6 Å². The third kappa shape index (κ3) is 5.14. The number of amides is 2. The number of rotatable bonds is 9. The van der Waals surface area contributed by atoms with Gasteiger partial charge in [-0.2, -0.15) is 0 Å². The van der Waals surface area contributed by atoms with Crippen LogP contribution in [0.4, 0.5) is 11.5 Å². The molecule has 3 N–H and O–H groups in total. The summed E-state index contributed by atoms with van der Waals surface area (Å²) in [6.07, 6.45) is 1.69. The van der Waals surface area contributed by atoms with Crippen molar-refractivity contribution < 1.29 is 9.59 Å². The second kappa shape index (κ2) is 10.3. The van der Waals surface area contributed by atoms with E-state index in [-0.39, 0.29) is 17.7 Å². The maximum Gasteiger partial charge on any atom is 0.251 e. The molecule has 0 saturated heterocycles. The third-order valence-electron chi connectivity index (χ3n) is 5.49. The molecule has 0 bridgehead atoms. The summed E-state index contributed by atoms with van der Waals surface area (Å²) >= 11 is 0. The van der Waals surface area contributed by atoms with Crippen molar-refractivity contribution in [2.24, 2.45) is 5.92 Å². The lowest BCUT2D eigenvalue weighted by Gasteiger charge is -2.12. The Bertz CT molecular complexity index is 1320. The largest absolute Gasteiger partial charge is 0.367 e. The number of unbranched alkanes of at least 4 members (excludes halogenated alkanes) is 1. The number of aryl methyl sites for hydroxylation is 1. The first kappa shape index (κ1) is 23.2. The van der Waals surface area contributed by atoms with Crippen LogP contribution >= 0.6 is 0 Å². The van der Waals surface area contributed by atoms with Crippen LogP contribution in [-0.4, -0.2) is 44.5 Å². The van der Waals surface area contributed by atoms with Gasteiger partial charge >= 0.3 is 0 Å². The summed E-state index contributed by atoms with van der Waals surface area (Å²) in [7, 11) is 0. The van der Waals surface area contributed by atoms with Crippen molar-refractivity contribution in [3.05, 3.63) is 59.9 Å². The molecule has 2 aromatic carbocycles. The van der Waals surface area contributed by atoms with E-state index in [2.05, 4.69) is 26.1 Å². The Morgan fingerprint density at radius 1 is 1.00 bits per heavy atom. The van der Waals surface area contributed by atoms with Gasteiger partial charge in [0.05, 0.1) is 11.0 Å². The Morgan fingerprint density at radius 3 is 2.53 bits per heavy atom. The number of carbonyl (C=O) groups is 2. The van der Waals surface area contributed by atoms with Crippen LogP contribution in [0.5, 0.6) is 0 Å². The van der Waals surface area contributed by atoms with E-state index in [0.29, 0.717) is 35.8 Å². The van der Waals surface area contributed by atoms with Gasteiger partial charge in [0.2, 0.25) is 11.6 Å². The minimum Gasteiger partial charge on any atom is -0.367 e. The molecule has 0 aliphatic rings. The molecule has 176 valence electrons. The van der Waals surface area contributed by atoms with Gasteiger partial charge in [0.15, 0.2) is 5.82 Å². The summed E-state index contributed by atoms with van der Waals surface area (Å²) in [6.45, 7) is 6.89. The molecule has 0 spiro atoms. The van der Waals surface area contributed by atoms with Crippen LogP contribution in [0.3, 0.4) is 0 Å². The Balaban J connectivity index is 1.40. The first-order valence-corrected chi connectivity index (χ1v) is 11.5. The molecule has 0 unspecified atom stereocenters. The van der Waals surface area contributed by atoms with E-state index in [1.54, 1.807) is 12.1 Å². The summed E-state index contributed by atoms with van der Waals surface area (Å²) in [4.78, 5) is 28.9. The number of carbonyl (C=O) groups excluding carboxylic acids is 2. The van der Waals surface area contributed by atoms with E-state index < -0.39 is 0 Å². The minimum absolute atomic E-state index is 0.0396. The number of fused-ring (bicyclic) bond motifs is 3. The van der Waals surface area contributed by atoms with Gasteiger partial charge in [-0.25, -0.2) is 4.98 Å². The molecule has 34 heavy (non-hydrogen) atoms. The standard InChI is InChI=1S/C25H29N7O2/c1-16(2)24(33)28-19-11-12-20-21(15-19)32-17(3)30-31-23(32)22(29-20)26-13-7-8-14-27-25(34)18-9-5-4-6-10-18/h4-6,9-12,15-16H,7-8,13-14H2,1-3H3,(H,26,29)(H,27,34)(H,28,33). The van der Waals surface area contributed by atoms with E-state index in [9.17, 15) is 9.59 Å². The molecule has 0 radical (unpaired) electrons. The van der Waals surface area contributed by atoms with Gasteiger partial charge in [-0.15, -0.1) is 10.2 Å². The Hall–Kier alpha value is -4.01. The number of anilines is 2. The van der Waals surface area contributed by atoms with Gasteiger partial charge in [-0.05, 0) is 50.1 Å². The molecule has 4 rings (SSSR count). The van der Waals surface area contributed by atoms with Crippen molar-refractivity contribution >= 4 is 40.0 Å². The van der Waals surface area contributed by atoms with Crippen LogP contribution < -0.4 is 16.0 Å². The van der Waals surface area contributed by atoms with Crippen LogP contribution in [0.25, 0.3) is 16.7 Å². The van der Waals surface area contributed by atoms with Gasteiger partial charge in [-0.1, -0.05) is 32.0 Å². The van der Waals surface area contributed by atoms with Crippen molar-refractivity contribution in [3.63, 3.8) is 0 Å². The van der Waals surface area contributed by atoms with E-state index in [1.165, 1.54) is 0 Å². The summed E-state index contributed by atoms with van der Waals surface area (Å²) in [6, 6.07) is 14.8. The topological polar surface area (TPSA) is 113 Å². The van der Waals surface area contributed by atoms with Gasteiger partial charge < -0.3 is 16.0 Å². The highest BCUT2D eigenvalue weighted by Gasteiger charge is 2.14. The Labute approximate surface area is 198 Å². The second-order valence-corrected chi connectivity index (χ2v) is 8.47. The molecule has 2 amide bonds. The highest BCUT2D eigenvalue weighted by molar-refractivity contribution is 5.95. The molecule has 0 aliphatic heterocycles. The number of nitrogens with one attached hydrogen (secondary N) is 3. The highest BCUT2D eigenvalue weighted by Crippen LogP contribution is 2.24. The lowest BCUT2D eigenvalue weighted by Crippen LogP contribution is -2.24. The van der Waals surface area contributed by atoms with Crippen LogP contribution in [0, 0.1) is 12.8 Å². The third-order valence-corrected chi connectivity index (χ3v) is 5.49. The maximum atomic E-state index is 12.1. The zero-order valence-electron chi connectivity index (χ0n) is 19.6. The van der Waals surface area contributed by atoms with Crippen LogP contribution in [0.1, 0.15) is 42.9 Å². The molecule has 9 heteroatoms. The number of hydrogen-bond acceptors (Lipinski definition) is 6. The number of benzene rings is 2. The predicted molar refractivity (Wildman–Crippen MR) is 133 cm³/mol. The zero-order valence-corrected chi connectivity index (χ0v) is 19.6. The van der Waals surface area contributed by atoms with Gasteiger partial charge in [0.1, 0.15) is 5.82 Å². The minimum atomic E-state index is -0.108. The molecule has 0 aliphatic carbocycles. The molecular weight excluding hydrogens is 430 g/mol. The molecule has 0 atom stereocenters. The lowest BCUT2D eigenvalue weighted by atomic mass is 10.2. The maximum absolute atomic E-state index is 12.1. The quantitative estimate of drug-likeness (QED) is 0.328. The number of aromatic nitrogens is 4. The molecule has 2 aromatic heterocycles. The fraction of sp³-hybridized carbons (Fsp3) is 0.320. The van der Waals surface area contributed by atoms with E-state index in [0.717, 1.165) is 29.7 Å². The molecule has 9 nitrogen and oxygen atoms in total. The number of hydrogen-bond donors (Lipinski definition) is 3. The fourth-order valence-corrected chi connectivity index (χ4v) is 3.60. The molecule has 2 heterocycles. The predicted octanol–water partition coefficient (Wildman–Crippen LogP) is 3.80. The van der Waals surface area contributed by atoms with Crippen LogP contribution in [-0.2, 0) is 4.79 Å². The zero-order chi connectivity index (χ0) is 24.1. The number of nitrogens with zero attached hydrogens (tertiary/aromatic N) is 4. The molecule has 4 aromatic rings. The smallest absolute Gasteiger partial charge is 0.251 e. The average molecular weight is 460 g/mol. The normalized spacial score (nSPS) is 11.2. The molecule has 0 fully saturated rings. The van der Waals surface area contributed by atoms with Crippen molar-refractivity contribution in [3.8, 4) is 0 Å². The molecular formula is C25H29N7O2. The molecule has 0 saturated carbocycles. The van der Waals surface area contributed by atoms with Gasteiger partial charge in [0, 0.05) is 30.3 Å². The van der Waals surface area contributed by atoms with Crippen molar-refractivity contribution in [1.29, 1.82) is 0 Å². The summed E-state index contributed by atoms with van der Waals surface area (Å²) < 4.78 is 1.94. The highest BCUT2D eigenvalue weighted by atomic mass is 16.2. The second-order valence-electron chi connectivity index (χ2n) is 8.47. The van der Waals surface area contributed by atoms with Gasteiger partial charge in [0.25, 0.3) is 5.91 Å². The summed E-state index contributed by atoms with van der Waals surface area (Å²) in [5.41, 5.74) is 3.61. The SMILES string of the molecule is Cc1nnc2c(NCCCCNC(=O)c3ccccc3)nc3ccc(NC(=O)C(C)C)cc3n12. The Kier molecular flexibility index (Phi) is 7.01. The van der Waals surface area contributed by atoms with Crippen molar-refractivity contribution in [2.75, 3.05) is 23.7 Å². The average Bonchev–Trinajstić information content (AvgIpc) is 3.23. The van der Waals surface area contributed by atoms with Crippen molar-refractivity contribution in [1.82, 2.24) is 24.9 Å². The summed E-state index contributed by atoms with van der Waals surface area (Å²) in [5.74, 6) is 1.18. The van der Waals surface area contributed by atoms with Gasteiger partial charge in [-0.3, -0.25) is 14.0 Å². The van der Waals surface area contributed by atoms with Crippen LogP contribution in [0.15, 0.2) is 48.5 Å². The van der Waals surface area contributed by atoms with E-state index in [4.69, 9.17) is 4.98 Å². The Morgan fingerprint density at radius 2 is 1.76 bits per heavy atom. The first-order chi connectivity index (χ1) is 16.4. The fourth-order valence-electron chi connectivity index (χ4n) is 3.60.